The minimum Gasteiger partial charge on any atom is -0.456 e. The largest absolute Gasteiger partial charge is 0.456 e. The van der Waals surface area contributed by atoms with Crippen LogP contribution < -0.4 is 0 Å². The molecule has 0 aliphatic rings. The molecular weight excluding hydrogens is 1660 g/mol. The third-order valence-electron chi connectivity index (χ3n) is 27.7. The van der Waals surface area contributed by atoms with E-state index in [-0.39, 0.29) is 0 Å². The zero-order chi connectivity index (χ0) is 86.1. The van der Waals surface area contributed by atoms with E-state index in [4.69, 9.17) is 14.4 Å². The highest BCUT2D eigenvalue weighted by Gasteiger charge is 2.28. The summed E-state index contributed by atoms with van der Waals surface area (Å²) in [5, 5.41) is 26.9. The van der Waals surface area contributed by atoms with Crippen molar-refractivity contribution in [3.05, 3.63) is 425 Å². The fourth-order valence-corrected chi connectivity index (χ4v) is 25.5. The first-order valence-corrected chi connectivity index (χ1v) is 47.3. The van der Waals surface area contributed by atoms with Crippen LogP contribution in [-0.2, 0) is 0 Å². The van der Waals surface area contributed by atoms with Crippen LogP contribution >= 0.6 is 34.0 Å². The fourth-order valence-electron chi connectivity index (χ4n) is 22.0. The summed E-state index contributed by atoms with van der Waals surface area (Å²) in [5.74, 6) is 0. The first-order chi connectivity index (χ1) is 65.5. The molecule has 0 radical (unpaired) electrons. The van der Waals surface area contributed by atoms with E-state index in [1.165, 1.54) is 198 Å². The van der Waals surface area contributed by atoms with Crippen LogP contribution in [0.4, 0.5) is 0 Å². The molecule has 30 rings (SSSR count). The van der Waals surface area contributed by atoms with Crippen molar-refractivity contribution < 1.29 is 4.42 Å². The Bertz CT molecular complexity index is 9640. The Morgan fingerprint density at radius 3 is 0.947 bits per heavy atom. The van der Waals surface area contributed by atoms with Crippen LogP contribution in [0.3, 0.4) is 0 Å². The summed E-state index contributed by atoms with van der Waals surface area (Å²) < 4.78 is 23.8. The number of para-hydroxylation sites is 9. The molecule has 132 heavy (non-hydrogen) atoms. The summed E-state index contributed by atoms with van der Waals surface area (Å²) in [6.45, 7) is 0. The number of furan rings is 1. The van der Waals surface area contributed by atoms with Gasteiger partial charge in [0.2, 0.25) is 0 Å². The van der Waals surface area contributed by atoms with Gasteiger partial charge in [0.15, 0.2) is 0 Å². The second kappa shape index (κ2) is 28.4. The lowest BCUT2D eigenvalue weighted by Crippen LogP contribution is -1.97. The predicted octanol–water partition coefficient (Wildman–Crippen LogP) is 34.8. The zero-order valence-corrected chi connectivity index (χ0v) is 73.2. The van der Waals surface area contributed by atoms with Gasteiger partial charge in [0.1, 0.15) is 11.2 Å². The van der Waals surface area contributed by atoms with Gasteiger partial charge in [-0.05, 0) is 198 Å². The third kappa shape index (κ3) is 10.8. The van der Waals surface area contributed by atoms with Crippen molar-refractivity contribution in [2.24, 2.45) is 0 Å². The number of nitrogens with zero attached hydrogens (tertiary/aromatic N) is 6. The average Bonchev–Trinajstić information content (AvgIpc) is 1.55. The summed E-state index contributed by atoms with van der Waals surface area (Å²) in [5.41, 5.74) is 26.9. The Morgan fingerprint density at radius 1 is 0.182 bits per heavy atom. The van der Waals surface area contributed by atoms with E-state index in [2.05, 4.69) is 431 Å². The minimum atomic E-state index is 0.875. The number of pyridine rings is 2. The molecule has 0 saturated heterocycles. The Labute approximate surface area is 765 Å². The summed E-state index contributed by atoms with van der Waals surface area (Å²) in [6, 6.07) is 155. The first kappa shape index (κ1) is 73.4. The molecule has 0 spiro atoms. The molecule has 0 bridgehead atoms. The number of aromatic nitrogens is 6. The van der Waals surface area contributed by atoms with Crippen molar-refractivity contribution >= 4 is 247 Å². The molecule has 10 heterocycles. The SMILES string of the molecule is c1ccc(-n2c3ccccc3c3cc(-c4ccc5c(c4)c4ccccc4n5-c4cc5c(-c6ccc7oc8ccccc8c7c6)nc6ccccc6c5c5c4sc4ccccc45)ccc32)cc1.c1ccc(-n2c3ccccc3c3cc(-c4ccc5c(c4)c4ccccc4n5-c4cc5c(-c6ccc7sc8ccccc8c7c6)nc6ccccc6c5c5c4sc4ccccc45)ccc32)cc1. The molecule has 20 aromatic carbocycles. The Kier molecular flexibility index (Phi) is 15.8. The smallest absolute Gasteiger partial charge is 0.135 e. The van der Waals surface area contributed by atoms with E-state index >= 15 is 0 Å². The Hall–Kier alpha value is -16.6. The van der Waals surface area contributed by atoms with Crippen LogP contribution in [-0.4, -0.2) is 28.2 Å². The van der Waals surface area contributed by atoms with Gasteiger partial charge in [-0.1, -0.05) is 249 Å². The summed E-state index contributed by atoms with van der Waals surface area (Å²) in [7, 11) is 0. The van der Waals surface area contributed by atoms with Crippen molar-refractivity contribution in [3.8, 4) is 67.5 Å². The standard InChI is InChI=1S/C61H35N3OS.C61H35N3S2/c1-2-14-39(15-3-1)63-50-22-10-5-16-40(50)45-32-36(26-29-52(45)63)37-27-30-53-46(33-37)41-17-6-11-23-51(41)64(53)54-35-48-58(59-44-20-8-13-25-57(44)66-61(54)59)43-19-4-9-21-49(43)62-60(48)38-28-31-56-47(34-38)42-18-7-12-24-55(42)65-56;1-2-14-39(15-3-1)63-50-22-10-5-16-40(50)45-32-36(26-29-52(45)63)37-27-30-53-46(33-37)41-17-6-11-23-51(41)64(53)54-35-48-58(59-44-20-8-13-25-56(44)66-61(54)59)43-19-4-9-21-49(43)62-60(48)38-28-31-57-47(34-38)42-18-7-12-24-55(42)65-57/h2*1-35H. The van der Waals surface area contributed by atoms with Gasteiger partial charge in [-0.15, -0.1) is 34.0 Å². The molecule has 0 saturated carbocycles. The lowest BCUT2D eigenvalue weighted by Gasteiger charge is -2.16. The van der Waals surface area contributed by atoms with Crippen molar-refractivity contribution in [1.29, 1.82) is 0 Å². The lowest BCUT2D eigenvalue weighted by atomic mass is 9.95. The fraction of sp³-hybridized carbons (Fsp3) is 0. The average molecular weight is 1730 g/mol. The maximum absolute atomic E-state index is 6.31. The van der Waals surface area contributed by atoms with Crippen LogP contribution in [0.2, 0.25) is 0 Å². The summed E-state index contributed by atoms with van der Waals surface area (Å²) >= 11 is 5.63. The van der Waals surface area contributed by atoms with Crippen molar-refractivity contribution in [1.82, 2.24) is 28.2 Å². The number of thiophene rings is 3. The minimum absolute atomic E-state index is 0.875. The molecule has 0 aliphatic carbocycles. The number of hydrogen-bond acceptors (Lipinski definition) is 6. The molecule has 612 valence electrons. The second-order valence-corrected chi connectivity index (χ2v) is 38.0. The van der Waals surface area contributed by atoms with Gasteiger partial charge in [-0.3, -0.25) is 0 Å². The lowest BCUT2D eigenvalue weighted by molar-refractivity contribution is 0.669. The zero-order valence-electron chi connectivity index (χ0n) is 70.7. The van der Waals surface area contributed by atoms with Gasteiger partial charge in [-0.2, -0.15) is 0 Å². The Morgan fingerprint density at radius 2 is 0.492 bits per heavy atom. The van der Waals surface area contributed by atoms with Crippen molar-refractivity contribution in [2.45, 2.75) is 0 Å². The predicted molar refractivity (Wildman–Crippen MR) is 564 cm³/mol. The number of rotatable bonds is 8. The number of fused-ring (bicyclic) bond motifs is 32. The van der Waals surface area contributed by atoms with E-state index in [1.54, 1.807) is 0 Å². The monoisotopic (exact) mass is 1730 g/mol. The maximum atomic E-state index is 6.31. The number of benzene rings is 20. The third-order valence-corrected chi connectivity index (χ3v) is 31.3. The molecule has 0 amide bonds. The summed E-state index contributed by atoms with van der Waals surface area (Å²) in [4.78, 5) is 11.1. The van der Waals surface area contributed by atoms with E-state index in [1.807, 2.05) is 46.1 Å². The van der Waals surface area contributed by atoms with Gasteiger partial charge in [-0.25, -0.2) is 9.97 Å². The van der Waals surface area contributed by atoms with Gasteiger partial charge in [0, 0.05) is 160 Å². The molecule has 30 aromatic rings. The number of hydrogen-bond donors (Lipinski definition) is 0. The highest BCUT2D eigenvalue weighted by atomic mass is 32.1. The van der Waals surface area contributed by atoms with Crippen LogP contribution in [0.25, 0.3) is 281 Å². The molecule has 0 N–H and O–H groups in total. The molecule has 0 atom stereocenters. The van der Waals surface area contributed by atoms with Crippen molar-refractivity contribution in [3.63, 3.8) is 0 Å². The summed E-state index contributed by atoms with van der Waals surface area (Å²) in [6.07, 6.45) is 0. The highest BCUT2D eigenvalue weighted by Crippen LogP contribution is 2.53. The van der Waals surface area contributed by atoms with E-state index < -0.39 is 0 Å². The van der Waals surface area contributed by atoms with Gasteiger partial charge in [0.25, 0.3) is 0 Å². The molecule has 10 heteroatoms. The normalized spacial score (nSPS) is 12.2. The van der Waals surface area contributed by atoms with Crippen molar-refractivity contribution in [2.75, 3.05) is 0 Å². The second-order valence-electron chi connectivity index (χ2n) is 34.8. The van der Waals surface area contributed by atoms with Gasteiger partial charge < -0.3 is 22.7 Å². The molecule has 10 aromatic heterocycles. The van der Waals surface area contributed by atoms with Gasteiger partial charge in [0.05, 0.1) is 87.3 Å². The van der Waals surface area contributed by atoms with Crippen LogP contribution in [0, 0.1) is 0 Å². The quantitative estimate of drug-likeness (QED) is 0.142. The molecular formula is C122H70N6OS3. The van der Waals surface area contributed by atoms with E-state index in [9.17, 15) is 0 Å². The van der Waals surface area contributed by atoms with Crippen LogP contribution in [0.5, 0.6) is 0 Å². The van der Waals surface area contributed by atoms with Gasteiger partial charge >= 0.3 is 0 Å². The van der Waals surface area contributed by atoms with Crippen LogP contribution in [0.15, 0.2) is 429 Å². The molecule has 0 fully saturated rings. The molecule has 0 unspecified atom stereocenters. The topological polar surface area (TPSA) is 58.6 Å². The highest BCUT2D eigenvalue weighted by molar-refractivity contribution is 7.27. The Balaban J connectivity index is 0.000000129. The van der Waals surface area contributed by atoms with E-state index in [0.717, 1.165) is 83.0 Å². The van der Waals surface area contributed by atoms with E-state index in [0.29, 0.717) is 0 Å². The molecule has 0 aliphatic heterocycles. The molecule has 7 nitrogen and oxygen atoms in total. The van der Waals surface area contributed by atoms with Crippen LogP contribution in [0.1, 0.15) is 0 Å². The first-order valence-electron chi connectivity index (χ1n) is 44.9. The maximum Gasteiger partial charge on any atom is 0.135 e.